The van der Waals surface area contributed by atoms with Crippen LogP contribution in [0, 0.1) is 0 Å². The molecule has 0 bridgehead atoms. The van der Waals surface area contributed by atoms with Crippen molar-refractivity contribution in [1.29, 1.82) is 0 Å². The first-order valence-corrected chi connectivity index (χ1v) is 11.0. The minimum atomic E-state index is -1.00. The van der Waals surface area contributed by atoms with Crippen molar-refractivity contribution < 1.29 is 19.4 Å². The first-order chi connectivity index (χ1) is 14.6. The molecule has 0 aromatic heterocycles. The molecule has 0 aliphatic carbocycles. The van der Waals surface area contributed by atoms with Crippen LogP contribution in [0.3, 0.4) is 0 Å². The predicted octanol–water partition coefficient (Wildman–Crippen LogP) is 6.15. The zero-order chi connectivity index (χ0) is 21.3. The number of carboxylic acid groups (broad SMARTS) is 1. The van der Waals surface area contributed by atoms with Gasteiger partial charge in [0.05, 0.1) is 11.6 Å². The maximum absolute atomic E-state index is 10.7. The zero-order valence-corrected chi connectivity index (χ0v) is 18.8. The number of hydrogen-bond acceptors (Lipinski definition) is 4. The van der Waals surface area contributed by atoms with Crippen LogP contribution < -0.4 is 9.47 Å². The molecule has 0 aliphatic rings. The van der Waals surface area contributed by atoms with Crippen molar-refractivity contribution in [3.05, 3.63) is 94.5 Å². The van der Waals surface area contributed by atoms with Gasteiger partial charge < -0.3 is 14.6 Å². The molecular weight excluding hydrogens is 464 g/mol. The lowest BCUT2D eigenvalue weighted by Gasteiger charge is -2.10. The quantitative estimate of drug-likeness (QED) is 0.369. The molecule has 0 unspecified atom stereocenters. The Balaban J connectivity index is 1.76. The van der Waals surface area contributed by atoms with E-state index < -0.39 is 5.97 Å². The average Bonchev–Trinajstić information content (AvgIpc) is 2.77. The van der Waals surface area contributed by atoms with E-state index in [1.807, 2.05) is 42.5 Å². The molecule has 0 radical (unpaired) electrons. The van der Waals surface area contributed by atoms with Gasteiger partial charge >= 0.3 is 5.97 Å². The van der Waals surface area contributed by atoms with Gasteiger partial charge in [0.2, 0.25) is 0 Å². The number of carbonyl (C=O) groups is 1. The molecule has 0 atom stereocenters. The third kappa shape index (κ3) is 6.15. The molecule has 154 valence electrons. The lowest BCUT2D eigenvalue weighted by molar-refractivity contribution is -0.139. The summed E-state index contributed by atoms with van der Waals surface area (Å²) in [6, 6.07) is 24.0. The summed E-state index contributed by atoms with van der Waals surface area (Å²) in [6.07, 6.45) is 2.21. The topological polar surface area (TPSA) is 55.8 Å². The fourth-order valence-corrected chi connectivity index (χ4v) is 4.29. The Morgan fingerprint density at radius 1 is 1.03 bits per heavy atom. The Bertz CT molecular complexity index is 1020. The summed E-state index contributed by atoms with van der Waals surface area (Å²) in [5.74, 6) is 1.12. The van der Waals surface area contributed by atoms with E-state index in [0.717, 1.165) is 37.6 Å². The highest BCUT2D eigenvalue weighted by Crippen LogP contribution is 2.32. The van der Waals surface area contributed by atoms with Crippen LogP contribution in [0.4, 0.5) is 0 Å². The number of hydrogen-bond donors (Lipinski definition) is 1. The number of carboxylic acids is 1. The number of methoxy groups -OCH3 is 1. The highest BCUT2D eigenvalue weighted by molar-refractivity contribution is 9.10. The van der Waals surface area contributed by atoms with Crippen molar-refractivity contribution in [2.24, 2.45) is 0 Å². The van der Waals surface area contributed by atoms with Crippen molar-refractivity contribution in [2.75, 3.05) is 19.5 Å². The van der Waals surface area contributed by atoms with E-state index in [0.29, 0.717) is 5.75 Å². The third-order valence-corrected chi connectivity index (χ3v) is 5.82. The number of aliphatic carboxylic acids is 1. The summed E-state index contributed by atoms with van der Waals surface area (Å²) < 4.78 is 11.3. The number of halogens is 1. The highest BCUT2D eigenvalue weighted by atomic mass is 79.9. The van der Waals surface area contributed by atoms with E-state index in [2.05, 4.69) is 46.3 Å². The first-order valence-electron chi connectivity index (χ1n) is 9.24. The summed E-state index contributed by atoms with van der Waals surface area (Å²) in [4.78, 5) is 11.7. The number of benzene rings is 3. The minimum Gasteiger partial charge on any atom is -0.497 e. The second-order valence-corrected chi connectivity index (χ2v) is 8.25. The van der Waals surface area contributed by atoms with E-state index in [1.165, 1.54) is 0 Å². The molecule has 0 saturated carbocycles. The van der Waals surface area contributed by atoms with Crippen LogP contribution in [0.15, 0.2) is 88.2 Å². The molecule has 0 amide bonds. The van der Waals surface area contributed by atoms with Crippen LogP contribution in [0.2, 0.25) is 0 Å². The van der Waals surface area contributed by atoms with Crippen LogP contribution in [-0.2, 0) is 4.79 Å². The van der Waals surface area contributed by atoms with Crippen LogP contribution >= 0.6 is 27.7 Å². The zero-order valence-electron chi connectivity index (χ0n) is 16.4. The molecule has 3 aromatic carbocycles. The minimum absolute atomic E-state index is 0.365. The van der Waals surface area contributed by atoms with E-state index in [9.17, 15) is 4.79 Å². The molecule has 0 aliphatic heterocycles. The first kappa shape index (κ1) is 22.0. The normalized spacial score (nSPS) is 11.2. The molecule has 0 spiro atoms. The maximum Gasteiger partial charge on any atom is 0.341 e. The van der Waals surface area contributed by atoms with Gasteiger partial charge in [0.15, 0.2) is 6.61 Å². The molecule has 30 heavy (non-hydrogen) atoms. The Labute approximate surface area is 188 Å². The molecule has 6 heteroatoms. The van der Waals surface area contributed by atoms with Gasteiger partial charge in [0.25, 0.3) is 0 Å². The molecule has 0 saturated heterocycles. The standard InChI is InChI=1S/C24H21BrO4S/c1-28-19-9-7-18(8-10-19)21(17-5-3-2-4-6-17)13-14-30-20-11-12-23(22(25)15-20)29-16-24(26)27/h2-13,15H,14,16H2,1H3,(H,26,27)/b21-13-. The van der Waals surface area contributed by atoms with Crippen molar-refractivity contribution in [3.63, 3.8) is 0 Å². The third-order valence-electron chi connectivity index (χ3n) is 4.28. The fraction of sp³-hybridized carbons (Fsp3) is 0.125. The Hall–Kier alpha value is -2.70. The van der Waals surface area contributed by atoms with Crippen LogP contribution in [0.5, 0.6) is 11.5 Å². The average molecular weight is 485 g/mol. The molecular formula is C24H21BrO4S. The van der Waals surface area contributed by atoms with Gasteiger partial charge in [-0.25, -0.2) is 4.79 Å². The van der Waals surface area contributed by atoms with Crippen molar-refractivity contribution in [2.45, 2.75) is 4.90 Å². The fourth-order valence-electron chi connectivity index (χ4n) is 2.84. The highest BCUT2D eigenvalue weighted by Gasteiger charge is 2.07. The summed E-state index contributed by atoms with van der Waals surface area (Å²) in [7, 11) is 1.66. The maximum atomic E-state index is 10.7. The largest absolute Gasteiger partial charge is 0.497 e. The second kappa shape index (κ2) is 10.9. The summed E-state index contributed by atoms with van der Waals surface area (Å²) in [6.45, 7) is -0.365. The van der Waals surface area contributed by atoms with Gasteiger partial charge in [-0.15, -0.1) is 11.8 Å². The molecule has 0 fully saturated rings. The van der Waals surface area contributed by atoms with Crippen LogP contribution in [0.1, 0.15) is 11.1 Å². The predicted molar refractivity (Wildman–Crippen MR) is 125 cm³/mol. The molecule has 4 nitrogen and oxygen atoms in total. The molecule has 1 N–H and O–H groups in total. The number of ether oxygens (including phenoxy) is 2. The van der Waals surface area contributed by atoms with Gasteiger partial charge in [-0.05, 0) is 63.0 Å². The lowest BCUT2D eigenvalue weighted by atomic mass is 9.98. The summed E-state index contributed by atoms with van der Waals surface area (Å²) in [5.41, 5.74) is 3.44. The second-order valence-electron chi connectivity index (χ2n) is 6.30. The Morgan fingerprint density at radius 2 is 1.73 bits per heavy atom. The lowest BCUT2D eigenvalue weighted by Crippen LogP contribution is -2.09. The molecule has 3 aromatic rings. The summed E-state index contributed by atoms with van der Waals surface area (Å²) in [5, 5.41) is 8.75. The van der Waals surface area contributed by atoms with Crippen molar-refractivity contribution in [3.8, 4) is 11.5 Å². The monoisotopic (exact) mass is 484 g/mol. The van der Waals surface area contributed by atoms with Gasteiger partial charge in [-0.1, -0.05) is 48.5 Å². The van der Waals surface area contributed by atoms with Crippen molar-refractivity contribution in [1.82, 2.24) is 0 Å². The Morgan fingerprint density at radius 3 is 2.37 bits per heavy atom. The van der Waals surface area contributed by atoms with E-state index in [1.54, 1.807) is 24.9 Å². The molecule has 3 rings (SSSR count). The summed E-state index contributed by atoms with van der Waals surface area (Å²) >= 11 is 5.14. The molecule has 0 heterocycles. The SMILES string of the molecule is COc1ccc(/C(=C\CSc2ccc(OCC(=O)O)c(Br)c2)c2ccccc2)cc1. The van der Waals surface area contributed by atoms with Gasteiger partial charge in [0.1, 0.15) is 11.5 Å². The van der Waals surface area contributed by atoms with E-state index in [-0.39, 0.29) is 6.61 Å². The number of thioether (sulfide) groups is 1. The smallest absolute Gasteiger partial charge is 0.341 e. The number of rotatable bonds is 9. The van der Waals surface area contributed by atoms with Crippen molar-refractivity contribution >= 4 is 39.2 Å². The van der Waals surface area contributed by atoms with Crippen LogP contribution in [0.25, 0.3) is 5.57 Å². The van der Waals surface area contributed by atoms with Gasteiger partial charge in [-0.2, -0.15) is 0 Å². The van der Waals surface area contributed by atoms with Gasteiger partial charge in [0, 0.05) is 10.6 Å². The van der Waals surface area contributed by atoms with E-state index in [4.69, 9.17) is 14.6 Å². The van der Waals surface area contributed by atoms with Crippen LogP contribution in [-0.4, -0.2) is 30.5 Å². The Kier molecular flexibility index (Phi) is 7.99. The van der Waals surface area contributed by atoms with Gasteiger partial charge in [-0.3, -0.25) is 0 Å². The van der Waals surface area contributed by atoms with E-state index >= 15 is 0 Å².